The van der Waals surface area contributed by atoms with Crippen LogP contribution in [0.5, 0.6) is 0 Å². The number of likely N-dealkylation sites (N-methyl/N-ethyl adjacent to an activating group) is 1. The summed E-state index contributed by atoms with van der Waals surface area (Å²) in [6.45, 7) is 4.87. The molecule has 0 aliphatic rings. The van der Waals surface area contributed by atoms with Gasteiger partial charge in [-0.1, -0.05) is 30.7 Å². The van der Waals surface area contributed by atoms with E-state index in [0.29, 0.717) is 6.42 Å². The van der Waals surface area contributed by atoms with Gasteiger partial charge in [0, 0.05) is 17.1 Å². The van der Waals surface area contributed by atoms with Gasteiger partial charge < -0.3 is 5.32 Å². The van der Waals surface area contributed by atoms with Crippen molar-refractivity contribution in [3.8, 4) is 0 Å². The summed E-state index contributed by atoms with van der Waals surface area (Å²) >= 11 is 7.67. The fraction of sp³-hybridized carbons (Fsp3) is 0.357. The van der Waals surface area contributed by atoms with Crippen LogP contribution in [0.2, 0.25) is 5.02 Å². The predicted octanol–water partition coefficient (Wildman–Crippen LogP) is 4.14. The van der Waals surface area contributed by atoms with Crippen LogP contribution in [0.15, 0.2) is 24.4 Å². The van der Waals surface area contributed by atoms with Gasteiger partial charge in [0.2, 0.25) is 0 Å². The van der Waals surface area contributed by atoms with Crippen molar-refractivity contribution in [2.24, 2.45) is 0 Å². The fourth-order valence-electron chi connectivity index (χ4n) is 1.98. The van der Waals surface area contributed by atoms with Gasteiger partial charge in [-0.25, -0.2) is 9.37 Å². The maximum Gasteiger partial charge on any atom is 0.142 e. The lowest BCUT2D eigenvalue weighted by Gasteiger charge is -2.17. The molecule has 1 unspecified atom stereocenters. The molecule has 0 saturated heterocycles. The normalized spacial score (nSPS) is 12.6. The summed E-state index contributed by atoms with van der Waals surface area (Å²) in [7, 11) is 0. The SMILES string of the molecule is CCNC(Cc1cccc(F)c1Cl)c1cnc(C)s1. The molecule has 2 rings (SSSR count). The third kappa shape index (κ3) is 3.53. The van der Waals surface area contributed by atoms with Gasteiger partial charge in [-0.3, -0.25) is 0 Å². The van der Waals surface area contributed by atoms with Crippen LogP contribution in [0.3, 0.4) is 0 Å². The van der Waals surface area contributed by atoms with E-state index in [4.69, 9.17) is 11.6 Å². The van der Waals surface area contributed by atoms with Crippen LogP contribution in [0.25, 0.3) is 0 Å². The van der Waals surface area contributed by atoms with Crippen LogP contribution >= 0.6 is 22.9 Å². The lowest BCUT2D eigenvalue weighted by atomic mass is 10.0. The number of nitrogens with zero attached hydrogens (tertiary/aromatic N) is 1. The molecule has 0 radical (unpaired) electrons. The van der Waals surface area contributed by atoms with Gasteiger partial charge in [-0.15, -0.1) is 11.3 Å². The molecule has 0 amide bonds. The second-order valence-corrected chi connectivity index (χ2v) is 5.95. The zero-order valence-corrected chi connectivity index (χ0v) is 12.5. The van der Waals surface area contributed by atoms with E-state index in [-0.39, 0.29) is 16.9 Å². The van der Waals surface area contributed by atoms with Crippen molar-refractivity contribution in [3.63, 3.8) is 0 Å². The van der Waals surface area contributed by atoms with E-state index in [1.807, 2.05) is 26.1 Å². The Hall–Kier alpha value is -0.970. The molecule has 0 bridgehead atoms. The average Bonchev–Trinajstić information content (AvgIpc) is 2.81. The minimum atomic E-state index is -0.366. The number of nitrogens with one attached hydrogen (secondary N) is 1. The summed E-state index contributed by atoms with van der Waals surface area (Å²) < 4.78 is 13.5. The van der Waals surface area contributed by atoms with E-state index in [9.17, 15) is 4.39 Å². The number of hydrogen-bond acceptors (Lipinski definition) is 3. The fourth-order valence-corrected chi connectivity index (χ4v) is 3.05. The van der Waals surface area contributed by atoms with Crippen molar-refractivity contribution in [3.05, 3.63) is 50.7 Å². The number of thiazole rings is 1. The van der Waals surface area contributed by atoms with Gasteiger partial charge in [0.05, 0.1) is 10.0 Å². The highest BCUT2D eigenvalue weighted by Gasteiger charge is 2.16. The summed E-state index contributed by atoms with van der Waals surface area (Å²) in [5, 5.41) is 4.64. The molecular formula is C14H16ClFN2S. The molecular weight excluding hydrogens is 283 g/mol. The first-order valence-electron chi connectivity index (χ1n) is 6.20. The number of benzene rings is 1. The monoisotopic (exact) mass is 298 g/mol. The Labute approximate surface area is 121 Å². The van der Waals surface area contributed by atoms with Crippen LogP contribution in [0.4, 0.5) is 4.39 Å². The zero-order valence-electron chi connectivity index (χ0n) is 10.9. The van der Waals surface area contributed by atoms with Crippen molar-refractivity contribution in [1.82, 2.24) is 10.3 Å². The second kappa shape index (κ2) is 6.46. The van der Waals surface area contributed by atoms with Crippen molar-refractivity contribution in [1.29, 1.82) is 0 Å². The highest BCUT2D eigenvalue weighted by molar-refractivity contribution is 7.11. The molecule has 1 N–H and O–H groups in total. The van der Waals surface area contributed by atoms with E-state index in [1.165, 1.54) is 6.07 Å². The highest BCUT2D eigenvalue weighted by atomic mass is 35.5. The molecule has 102 valence electrons. The molecule has 19 heavy (non-hydrogen) atoms. The second-order valence-electron chi connectivity index (χ2n) is 4.31. The third-order valence-electron chi connectivity index (χ3n) is 2.89. The molecule has 5 heteroatoms. The maximum atomic E-state index is 13.5. The predicted molar refractivity (Wildman–Crippen MR) is 78.4 cm³/mol. The van der Waals surface area contributed by atoms with E-state index >= 15 is 0 Å². The van der Waals surface area contributed by atoms with Crippen LogP contribution in [-0.4, -0.2) is 11.5 Å². The number of rotatable bonds is 5. The van der Waals surface area contributed by atoms with E-state index in [2.05, 4.69) is 10.3 Å². The Kier molecular flexibility index (Phi) is 4.91. The number of aryl methyl sites for hydroxylation is 1. The number of hydrogen-bond donors (Lipinski definition) is 1. The van der Waals surface area contributed by atoms with Gasteiger partial charge in [0.1, 0.15) is 5.82 Å². The first kappa shape index (κ1) is 14.4. The largest absolute Gasteiger partial charge is 0.309 e. The minimum absolute atomic E-state index is 0.121. The molecule has 1 aromatic heterocycles. The Morgan fingerprint density at radius 1 is 1.47 bits per heavy atom. The topological polar surface area (TPSA) is 24.9 Å². The Morgan fingerprint density at radius 2 is 2.26 bits per heavy atom. The lowest BCUT2D eigenvalue weighted by molar-refractivity contribution is 0.554. The van der Waals surface area contributed by atoms with Gasteiger partial charge in [0.15, 0.2) is 0 Å². The molecule has 0 fully saturated rings. The summed E-state index contributed by atoms with van der Waals surface area (Å²) in [5.74, 6) is -0.366. The molecule has 2 aromatic rings. The van der Waals surface area contributed by atoms with Crippen molar-refractivity contribution in [2.75, 3.05) is 6.54 Å². The molecule has 0 spiro atoms. The van der Waals surface area contributed by atoms with Crippen LogP contribution in [0, 0.1) is 12.7 Å². The third-order valence-corrected chi connectivity index (χ3v) is 4.34. The van der Waals surface area contributed by atoms with Gasteiger partial charge in [0.25, 0.3) is 0 Å². The molecule has 1 heterocycles. The first-order valence-corrected chi connectivity index (χ1v) is 7.39. The van der Waals surface area contributed by atoms with Crippen molar-refractivity contribution in [2.45, 2.75) is 26.3 Å². The highest BCUT2D eigenvalue weighted by Crippen LogP contribution is 2.28. The maximum absolute atomic E-state index is 13.5. The molecule has 0 aliphatic carbocycles. The number of halogens is 2. The van der Waals surface area contributed by atoms with Gasteiger partial charge >= 0.3 is 0 Å². The molecule has 0 aliphatic heterocycles. The Morgan fingerprint density at radius 3 is 2.89 bits per heavy atom. The Bertz CT molecular complexity index is 556. The van der Waals surface area contributed by atoms with E-state index in [1.54, 1.807) is 17.4 Å². The molecule has 0 saturated carbocycles. The molecule has 1 atom stereocenters. The lowest BCUT2D eigenvalue weighted by Crippen LogP contribution is -2.22. The summed E-state index contributed by atoms with van der Waals surface area (Å²) in [6, 6.07) is 5.06. The van der Waals surface area contributed by atoms with Crippen molar-refractivity contribution < 1.29 is 4.39 Å². The van der Waals surface area contributed by atoms with Crippen LogP contribution in [-0.2, 0) is 6.42 Å². The van der Waals surface area contributed by atoms with Gasteiger partial charge in [-0.05, 0) is 31.5 Å². The minimum Gasteiger partial charge on any atom is -0.309 e. The molecule has 1 aromatic carbocycles. The van der Waals surface area contributed by atoms with Crippen LogP contribution in [0.1, 0.15) is 28.4 Å². The summed E-state index contributed by atoms with van der Waals surface area (Å²) in [5.41, 5.74) is 0.818. The summed E-state index contributed by atoms with van der Waals surface area (Å²) in [6.07, 6.45) is 2.53. The van der Waals surface area contributed by atoms with Crippen LogP contribution < -0.4 is 5.32 Å². The average molecular weight is 299 g/mol. The summed E-state index contributed by atoms with van der Waals surface area (Å²) in [4.78, 5) is 5.43. The van der Waals surface area contributed by atoms with E-state index in [0.717, 1.165) is 22.0 Å². The first-order chi connectivity index (χ1) is 9.11. The smallest absolute Gasteiger partial charge is 0.142 e. The number of aromatic nitrogens is 1. The zero-order chi connectivity index (χ0) is 13.8. The standard InChI is InChI=1S/C14H16ClFN2S/c1-3-17-12(13-8-18-9(2)19-13)7-10-5-4-6-11(16)14(10)15/h4-6,8,12,17H,3,7H2,1-2H3. The molecule has 2 nitrogen and oxygen atoms in total. The van der Waals surface area contributed by atoms with E-state index < -0.39 is 0 Å². The quantitative estimate of drug-likeness (QED) is 0.897. The van der Waals surface area contributed by atoms with Crippen molar-refractivity contribution >= 4 is 22.9 Å². The van der Waals surface area contributed by atoms with Gasteiger partial charge in [-0.2, -0.15) is 0 Å². The Balaban J connectivity index is 2.23.